The van der Waals surface area contributed by atoms with Crippen LogP contribution in [0.25, 0.3) is 0 Å². The lowest BCUT2D eigenvalue weighted by molar-refractivity contribution is 0.0696. The Kier molecular flexibility index (Phi) is 4.46. The first-order valence-electron chi connectivity index (χ1n) is 6.21. The van der Waals surface area contributed by atoms with Crippen molar-refractivity contribution in [2.75, 3.05) is 0 Å². The molecule has 0 atom stereocenters. The molecule has 0 fully saturated rings. The van der Waals surface area contributed by atoms with E-state index < -0.39 is 11.8 Å². The predicted octanol–water partition coefficient (Wildman–Crippen LogP) is 2.28. The molecule has 1 aromatic carbocycles. The van der Waals surface area contributed by atoms with Crippen LogP contribution < -0.4 is 5.69 Å². The molecule has 0 amide bonds. The van der Waals surface area contributed by atoms with Gasteiger partial charge in [0.15, 0.2) is 5.16 Å². The number of aromatic nitrogens is 3. The number of rotatable bonds is 5. The van der Waals surface area contributed by atoms with Gasteiger partial charge in [-0.25, -0.2) is 19.1 Å². The van der Waals surface area contributed by atoms with Crippen LogP contribution in [0.1, 0.15) is 35.8 Å². The smallest absolute Gasteiger partial charge is 0.344 e. The maximum Gasteiger partial charge on any atom is 0.344 e. The average molecular weight is 311 g/mol. The number of H-pyrrole nitrogens is 1. The molecule has 0 unspecified atom stereocenters. The molecule has 0 bridgehead atoms. The van der Waals surface area contributed by atoms with E-state index in [1.54, 1.807) is 0 Å². The molecular weight excluding hydrogens is 297 g/mol. The van der Waals surface area contributed by atoms with Crippen molar-refractivity contribution < 1.29 is 14.3 Å². The summed E-state index contributed by atoms with van der Waals surface area (Å²) in [7, 11) is 0. The van der Waals surface area contributed by atoms with Gasteiger partial charge in [-0.1, -0.05) is 17.8 Å². The van der Waals surface area contributed by atoms with Crippen molar-refractivity contribution >= 4 is 17.7 Å². The van der Waals surface area contributed by atoms with Gasteiger partial charge in [-0.15, -0.1) is 5.10 Å². The third-order valence-electron chi connectivity index (χ3n) is 2.85. The van der Waals surface area contributed by atoms with Crippen LogP contribution in [0.15, 0.2) is 28.2 Å². The van der Waals surface area contributed by atoms with Crippen molar-refractivity contribution in [1.82, 2.24) is 14.8 Å². The van der Waals surface area contributed by atoms with Crippen LogP contribution in [0.3, 0.4) is 0 Å². The Bertz CT molecular complexity index is 724. The van der Waals surface area contributed by atoms with Crippen molar-refractivity contribution in [2.45, 2.75) is 30.8 Å². The Morgan fingerprint density at radius 3 is 2.81 bits per heavy atom. The molecule has 0 radical (unpaired) electrons. The molecule has 2 N–H and O–H groups in total. The maximum atomic E-state index is 13.8. The second kappa shape index (κ2) is 6.13. The van der Waals surface area contributed by atoms with E-state index in [2.05, 4.69) is 10.2 Å². The number of aromatic carboxylic acids is 1. The third kappa shape index (κ3) is 3.33. The van der Waals surface area contributed by atoms with Gasteiger partial charge in [0.2, 0.25) is 0 Å². The molecule has 0 spiro atoms. The average Bonchev–Trinajstić information content (AvgIpc) is 2.78. The molecular formula is C13H14FN3O3S. The van der Waals surface area contributed by atoms with Crippen molar-refractivity contribution in [3.63, 3.8) is 0 Å². The zero-order valence-corrected chi connectivity index (χ0v) is 12.3. The molecule has 2 rings (SSSR count). The Morgan fingerprint density at radius 2 is 2.24 bits per heavy atom. The fourth-order valence-electron chi connectivity index (χ4n) is 1.79. The summed E-state index contributed by atoms with van der Waals surface area (Å²) >= 11 is 1.21. The monoisotopic (exact) mass is 311 g/mol. The van der Waals surface area contributed by atoms with Crippen LogP contribution in [0.4, 0.5) is 4.39 Å². The molecule has 0 aliphatic rings. The fourth-order valence-corrected chi connectivity index (χ4v) is 2.85. The van der Waals surface area contributed by atoms with Crippen LogP contribution in [0, 0.1) is 5.82 Å². The van der Waals surface area contributed by atoms with Gasteiger partial charge in [-0.05, 0) is 31.5 Å². The van der Waals surface area contributed by atoms with Crippen LogP contribution in [0.5, 0.6) is 0 Å². The minimum absolute atomic E-state index is 0.0574. The SMILES string of the molecule is CC(C)n1c(SCc2ccc(C(=O)O)cc2F)n[nH]c1=O. The Labute approximate surface area is 124 Å². The molecule has 2 aromatic rings. The first kappa shape index (κ1) is 15.3. The number of halogens is 1. The lowest BCUT2D eigenvalue weighted by atomic mass is 10.1. The van der Waals surface area contributed by atoms with E-state index in [1.807, 2.05) is 13.8 Å². The zero-order chi connectivity index (χ0) is 15.6. The van der Waals surface area contributed by atoms with Gasteiger partial charge >= 0.3 is 11.7 Å². The Hall–Kier alpha value is -2.09. The van der Waals surface area contributed by atoms with E-state index >= 15 is 0 Å². The minimum Gasteiger partial charge on any atom is -0.478 e. The third-order valence-corrected chi connectivity index (χ3v) is 3.85. The van der Waals surface area contributed by atoms with E-state index in [0.29, 0.717) is 10.7 Å². The van der Waals surface area contributed by atoms with Crippen LogP contribution >= 0.6 is 11.8 Å². The van der Waals surface area contributed by atoms with E-state index in [4.69, 9.17) is 5.11 Å². The molecule has 0 aliphatic carbocycles. The van der Waals surface area contributed by atoms with Gasteiger partial charge in [0.1, 0.15) is 5.82 Å². The van der Waals surface area contributed by atoms with E-state index in [1.165, 1.54) is 28.5 Å². The quantitative estimate of drug-likeness (QED) is 0.827. The Morgan fingerprint density at radius 1 is 1.52 bits per heavy atom. The summed E-state index contributed by atoms with van der Waals surface area (Å²) in [6, 6.07) is 3.70. The van der Waals surface area contributed by atoms with Crippen molar-refractivity contribution in [1.29, 1.82) is 0 Å². The fraction of sp³-hybridized carbons (Fsp3) is 0.308. The number of hydrogen-bond acceptors (Lipinski definition) is 4. The number of hydrogen-bond donors (Lipinski definition) is 2. The van der Waals surface area contributed by atoms with Crippen molar-refractivity contribution in [2.24, 2.45) is 0 Å². The first-order chi connectivity index (χ1) is 9.90. The summed E-state index contributed by atoms with van der Waals surface area (Å²) in [5.74, 6) is -1.51. The number of thioether (sulfide) groups is 1. The number of nitrogens with zero attached hydrogens (tertiary/aromatic N) is 2. The summed E-state index contributed by atoms with van der Waals surface area (Å²) in [6.07, 6.45) is 0. The number of aromatic amines is 1. The molecule has 0 aliphatic heterocycles. The van der Waals surface area contributed by atoms with Crippen LogP contribution in [-0.4, -0.2) is 25.8 Å². The van der Waals surface area contributed by atoms with Gasteiger partial charge in [0.05, 0.1) is 5.56 Å². The topological polar surface area (TPSA) is 88.0 Å². The number of nitrogens with one attached hydrogen (secondary N) is 1. The highest BCUT2D eigenvalue weighted by Gasteiger charge is 2.14. The van der Waals surface area contributed by atoms with Gasteiger partial charge in [-0.3, -0.25) is 4.57 Å². The molecule has 1 aromatic heterocycles. The van der Waals surface area contributed by atoms with Gasteiger partial charge in [-0.2, -0.15) is 0 Å². The number of benzene rings is 1. The molecule has 6 nitrogen and oxygen atoms in total. The highest BCUT2D eigenvalue weighted by Crippen LogP contribution is 2.23. The maximum absolute atomic E-state index is 13.8. The standard InChI is InChI=1S/C13H14FN3O3S/c1-7(2)17-12(20)15-16-13(17)21-6-9-4-3-8(11(18)19)5-10(9)14/h3-5,7H,6H2,1-2H3,(H,15,20)(H,18,19). The molecule has 0 saturated carbocycles. The van der Waals surface area contributed by atoms with Gasteiger partial charge in [0.25, 0.3) is 0 Å². The highest BCUT2D eigenvalue weighted by molar-refractivity contribution is 7.98. The normalized spacial score (nSPS) is 11.0. The zero-order valence-electron chi connectivity index (χ0n) is 11.5. The lowest BCUT2D eigenvalue weighted by Crippen LogP contribution is -2.19. The summed E-state index contributed by atoms with van der Waals surface area (Å²) in [4.78, 5) is 22.3. The lowest BCUT2D eigenvalue weighted by Gasteiger charge is -2.09. The van der Waals surface area contributed by atoms with E-state index in [-0.39, 0.29) is 23.0 Å². The highest BCUT2D eigenvalue weighted by atomic mass is 32.2. The molecule has 0 saturated heterocycles. The molecule has 8 heteroatoms. The minimum atomic E-state index is -1.17. The van der Waals surface area contributed by atoms with Crippen molar-refractivity contribution in [3.8, 4) is 0 Å². The second-order valence-corrected chi connectivity index (χ2v) is 5.62. The predicted molar refractivity (Wildman–Crippen MR) is 76.2 cm³/mol. The first-order valence-corrected chi connectivity index (χ1v) is 7.20. The second-order valence-electron chi connectivity index (χ2n) is 4.68. The van der Waals surface area contributed by atoms with Crippen LogP contribution in [0.2, 0.25) is 0 Å². The molecule has 112 valence electrons. The summed E-state index contributed by atoms with van der Waals surface area (Å²) in [5.41, 5.74) is -0.0509. The molecule has 1 heterocycles. The van der Waals surface area contributed by atoms with Crippen molar-refractivity contribution in [3.05, 3.63) is 45.6 Å². The van der Waals surface area contributed by atoms with Crippen LogP contribution in [-0.2, 0) is 5.75 Å². The van der Waals surface area contributed by atoms with E-state index in [0.717, 1.165) is 6.07 Å². The summed E-state index contributed by atoms with van der Waals surface area (Å²) in [6.45, 7) is 3.70. The largest absolute Gasteiger partial charge is 0.478 e. The number of carbonyl (C=O) groups is 1. The summed E-state index contributed by atoms with van der Waals surface area (Å²) < 4.78 is 15.3. The van der Waals surface area contributed by atoms with Gasteiger partial charge in [0, 0.05) is 11.8 Å². The van der Waals surface area contributed by atoms with Gasteiger partial charge < -0.3 is 5.11 Å². The Balaban J connectivity index is 2.17. The van der Waals surface area contributed by atoms with E-state index in [9.17, 15) is 14.0 Å². The summed E-state index contributed by atoms with van der Waals surface area (Å²) in [5, 5.41) is 15.5. The number of carboxylic acid groups (broad SMARTS) is 1. The number of carboxylic acids is 1. The molecule has 21 heavy (non-hydrogen) atoms.